The van der Waals surface area contributed by atoms with Crippen LogP contribution in [0.25, 0.3) is 6.08 Å². The Labute approximate surface area is 150 Å². The molecule has 1 amide bonds. The van der Waals surface area contributed by atoms with Crippen LogP contribution in [0.15, 0.2) is 24.5 Å². The zero-order valence-corrected chi connectivity index (χ0v) is 16.3. The Morgan fingerprint density at radius 2 is 1.96 bits per heavy atom. The molecule has 0 saturated carbocycles. The molecule has 1 unspecified atom stereocenters. The summed E-state index contributed by atoms with van der Waals surface area (Å²) >= 11 is 0. The minimum absolute atomic E-state index is 0.00160. The van der Waals surface area contributed by atoms with Gasteiger partial charge in [-0.15, -0.1) is 0 Å². The fraction of sp³-hybridized carbons (Fsp3) is 0.579. The summed E-state index contributed by atoms with van der Waals surface area (Å²) in [5, 5.41) is 11.7. The van der Waals surface area contributed by atoms with E-state index in [0.29, 0.717) is 12.2 Å². The summed E-state index contributed by atoms with van der Waals surface area (Å²) < 4.78 is 11.6. The van der Waals surface area contributed by atoms with Gasteiger partial charge in [0, 0.05) is 18.7 Å². The van der Waals surface area contributed by atoms with Gasteiger partial charge in [0.15, 0.2) is 11.9 Å². The van der Waals surface area contributed by atoms with Gasteiger partial charge in [-0.3, -0.25) is 0 Å². The molecule has 0 aliphatic heterocycles. The van der Waals surface area contributed by atoms with Crippen LogP contribution in [0.2, 0.25) is 0 Å². The molecule has 0 fully saturated rings. The lowest BCUT2D eigenvalue weighted by Crippen LogP contribution is -2.39. The SMILES string of the molecule is CC(C)Oc1cc(C=CCC(C)N(C)C(=O)OC(C)(C)C)c[n+]([O-])c1. The van der Waals surface area contributed by atoms with Gasteiger partial charge in [-0.25, -0.2) is 4.79 Å². The molecule has 0 bridgehead atoms. The molecule has 0 aromatic carbocycles. The van der Waals surface area contributed by atoms with Crippen LogP contribution in [-0.2, 0) is 4.74 Å². The van der Waals surface area contributed by atoms with Gasteiger partial charge in [0.1, 0.15) is 5.60 Å². The van der Waals surface area contributed by atoms with Gasteiger partial charge in [-0.05, 0) is 54.0 Å². The van der Waals surface area contributed by atoms with Crippen LogP contribution in [0.5, 0.6) is 5.75 Å². The first-order chi connectivity index (χ1) is 11.5. The maximum atomic E-state index is 12.0. The third-order valence-corrected chi connectivity index (χ3v) is 3.34. The maximum Gasteiger partial charge on any atom is 0.410 e. The number of rotatable bonds is 6. The molecule has 1 aromatic heterocycles. The molecule has 25 heavy (non-hydrogen) atoms. The van der Waals surface area contributed by atoms with Gasteiger partial charge < -0.3 is 19.6 Å². The van der Waals surface area contributed by atoms with E-state index in [1.165, 1.54) is 12.4 Å². The summed E-state index contributed by atoms with van der Waals surface area (Å²) in [5.41, 5.74) is 0.236. The predicted octanol–water partition coefficient (Wildman–Crippen LogP) is 3.77. The summed E-state index contributed by atoms with van der Waals surface area (Å²) in [5.74, 6) is 0.533. The number of ether oxygens (including phenoxy) is 2. The molecule has 6 heteroatoms. The van der Waals surface area contributed by atoms with Gasteiger partial charge >= 0.3 is 6.09 Å². The van der Waals surface area contributed by atoms with Gasteiger partial charge in [0.05, 0.1) is 6.10 Å². The fourth-order valence-corrected chi connectivity index (χ4v) is 2.05. The molecule has 0 radical (unpaired) electrons. The molecular weight excluding hydrogens is 320 g/mol. The second-order valence-electron chi connectivity index (χ2n) is 7.41. The van der Waals surface area contributed by atoms with E-state index in [1.54, 1.807) is 11.9 Å². The van der Waals surface area contributed by atoms with Crippen LogP contribution in [0.3, 0.4) is 0 Å². The van der Waals surface area contributed by atoms with E-state index in [-0.39, 0.29) is 18.2 Å². The van der Waals surface area contributed by atoms with Crippen LogP contribution >= 0.6 is 0 Å². The van der Waals surface area contributed by atoms with E-state index in [9.17, 15) is 10.0 Å². The first-order valence-corrected chi connectivity index (χ1v) is 8.51. The van der Waals surface area contributed by atoms with Crippen molar-refractivity contribution in [2.45, 2.75) is 65.7 Å². The second-order valence-corrected chi connectivity index (χ2v) is 7.41. The van der Waals surface area contributed by atoms with Crippen LogP contribution in [-0.4, -0.2) is 35.8 Å². The molecule has 1 rings (SSSR count). The van der Waals surface area contributed by atoms with Crippen molar-refractivity contribution in [1.82, 2.24) is 4.90 Å². The van der Waals surface area contributed by atoms with E-state index in [0.717, 1.165) is 10.3 Å². The van der Waals surface area contributed by atoms with E-state index in [2.05, 4.69) is 0 Å². The Bertz CT molecular complexity index is 606. The highest BCUT2D eigenvalue weighted by Crippen LogP contribution is 2.15. The van der Waals surface area contributed by atoms with Crippen molar-refractivity contribution in [3.63, 3.8) is 0 Å². The van der Waals surface area contributed by atoms with Gasteiger partial charge in [0.2, 0.25) is 6.20 Å². The number of amides is 1. The van der Waals surface area contributed by atoms with E-state index < -0.39 is 5.60 Å². The van der Waals surface area contributed by atoms with Crippen molar-refractivity contribution in [3.8, 4) is 5.75 Å². The third kappa shape index (κ3) is 7.92. The molecule has 1 atom stereocenters. The quantitative estimate of drug-likeness (QED) is 0.579. The molecule has 0 spiro atoms. The van der Waals surface area contributed by atoms with Crippen molar-refractivity contribution in [1.29, 1.82) is 0 Å². The smallest absolute Gasteiger partial charge is 0.410 e. The molecule has 0 aliphatic carbocycles. The van der Waals surface area contributed by atoms with Crippen molar-refractivity contribution in [2.24, 2.45) is 0 Å². The monoisotopic (exact) mass is 350 g/mol. The van der Waals surface area contributed by atoms with Crippen LogP contribution in [0.4, 0.5) is 4.79 Å². The van der Waals surface area contributed by atoms with Gasteiger partial charge in [-0.2, -0.15) is 4.73 Å². The standard InChI is InChI=1S/C19H30N2O4/c1-14(2)24-17-11-16(12-21(23)13-17)10-8-9-15(3)20(7)18(22)25-19(4,5)6/h8,10-15H,9H2,1-7H3. The molecule has 1 heterocycles. The molecule has 0 N–H and O–H groups in total. The Balaban J connectivity index is 2.67. The fourth-order valence-electron chi connectivity index (χ4n) is 2.05. The van der Waals surface area contributed by atoms with Gasteiger partial charge in [0.25, 0.3) is 0 Å². The minimum Gasteiger partial charge on any atom is -0.619 e. The minimum atomic E-state index is -0.514. The molecular formula is C19H30N2O4. The Morgan fingerprint density at radius 1 is 1.32 bits per heavy atom. The zero-order valence-electron chi connectivity index (χ0n) is 16.3. The predicted molar refractivity (Wildman–Crippen MR) is 98.3 cm³/mol. The average molecular weight is 350 g/mol. The highest BCUT2D eigenvalue weighted by Gasteiger charge is 2.22. The van der Waals surface area contributed by atoms with Crippen molar-refractivity contribution in [3.05, 3.63) is 35.3 Å². The lowest BCUT2D eigenvalue weighted by atomic mass is 10.1. The van der Waals surface area contributed by atoms with E-state index >= 15 is 0 Å². The van der Waals surface area contributed by atoms with Crippen LogP contribution < -0.4 is 9.47 Å². The maximum absolute atomic E-state index is 12.0. The Kier molecular flexibility index (Phi) is 7.27. The first kappa shape index (κ1) is 20.8. The van der Waals surface area contributed by atoms with Crippen molar-refractivity contribution >= 4 is 12.2 Å². The lowest BCUT2D eigenvalue weighted by molar-refractivity contribution is -0.606. The molecule has 140 valence electrons. The number of pyridine rings is 1. The Morgan fingerprint density at radius 3 is 2.52 bits per heavy atom. The van der Waals surface area contributed by atoms with E-state index in [1.807, 2.05) is 59.8 Å². The molecule has 1 aromatic rings. The summed E-state index contributed by atoms with van der Waals surface area (Å²) in [4.78, 5) is 13.6. The van der Waals surface area contributed by atoms with E-state index in [4.69, 9.17) is 9.47 Å². The zero-order chi connectivity index (χ0) is 19.2. The summed E-state index contributed by atoms with van der Waals surface area (Å²) in [7, 11) is 1.72. The number of aromatic nitrogens is 1. The summed E-state index contributed by atoms with van der Waals surface area (Å²) in [6, 6.07) is 1.79. The second kappa shape index (κ2) is 8.74. The number of hydrogen-bond donors (Lipinski definition) is 0. The topological polar surface area (TPSA) is 65.7 Å². The molecule has 6 nitrogen and oxygen atoms in total. The largest absolute Gasteiger partial charge is 0.619 e. The third-order valence-electron chi connectivity index (χ3n) is 3.34. The van der Waals surface area contributed by atoms with Crippen LogP contribution in [0, 0.1) is 5.21 Å². The van der Waals surface area contributed by atoms with Crippen molar-refractivity contribution < 1.29 is 19.0 Å². The molecule has 0 aliphatic rings. The van der Waals surface area contributed by atoms with Crippen LogP contribution in [0.1, 0.15) is 53.5 Å². The molecule has 0 saturated heterocycles. The highest BCUT2D eigenvalue weighted by molar-refractivity contribution is 5.68. The number of carbonyl (C=O) groups is 1. The normalized spacial score (nSPS) is 13.1. The summed E-state index contributed by atoms with van der Waals surface area (Å²) in [6.07, 6.45) is 6.95. The lowest BCUT2D eigenvalue weighted by Gasteiger charge is -2.28. The number of hydrogen-bond acceptors (Lipinski definition) is 4. The number of carbonyl (C=O) groups excluding carboxylic acids is 1. The average Bonchev–Trinajstić information content (AvgIpc) is 2.43. The first-order valence-electron chi connectivity index (χ1n) is 8.51. The van der Waals surface area contributed by atoms with Gasteiger partial charge in [-0.1, -0.05) is 12.2 Å². The highest BCUT2D eigenvalue weighted by atomic mass is 16.6. The Hall–Kier alpha value is -2.24. The summed E-state index contributed by atoms with van der Waals surface area (Å²) in [6.45, 7) is 11.3. The van der Waals surface area contributed by atoms with Crippen molar-refractivity contribution in [2.75, 3.05) is 7.05 Å². The number of nitrogens with zero attached hydrogens (tertiary/aromatic N) is 2.